The SMILES string of the molecule is Cc1cc(C)c(NC(=O)N[C@@H](CC(=O)N2CCC(N3Cc4ccccc4NC3=O)CC2)C(=O)N2CCC(N3CCCCC3)CC2)cc1C. The van der Waals surface area contributed by atoms with Crippen molar-refractivity contribution in [3.8, 4) is 0 Å². The van der Waals surface area contributed by atoms with Crippen molar-refractivity contribution in [2.45, 2.75) is 96.8 Å². The summed E-state index contributed by atoms with van der Waals surface area (Å²) < 4.78 is 0. The highest BCUT2D eigenvalue weighted by Crippen LogP contribution is 2.28. The number of aryl methyl sites for hydroxylation is 3. The van der Waals surface area contributed by atoms with Crippen molar-refractivity contribution in [3.05, 3.63) is 58.7 Å². The minimum absolute atomic E-state index is 0.0196. The van der Waals surface area contributed by atoms with Gasteiger partial charge in [0.15, 0.2) is 0 Å². The van der Waals surface area contributed by atoms with Crippen molar-refractivity contribution in [1.82, 2.24) is 24.9 Å². The highest BCUT2D eigenvalue weighted by molar-refractivity contribution is 5.96. The third-order valence-corrected chi connectivity index (χ3v) is 10.9. The van der Waals surface area contributed by atoms with E-state index >= 15 is 0 Å². The fourth-order valence-electron chi connectivity index (χ4n) is 7.82. The number of nitrogens with zero attached hydrogens (tertiary/aromatic N) is 4. The molecule has 6 amide bonds. The van der Waals surface area contributed by atoms with Gasteiger partial charge in [-0.15, -0.1) is 0 Å². The molecule has 0 radical (unpaired) electrons. The van der Waals surface area contributed by atoms with E-state index in [0.717, 1.165) is 53.9 Å². The zero-order chi connectivity index (χ0) is 33.8. The first-order valence-corrected chi connectivity index (χ1v) is 17.8. The third kappa shape index (κ3) is 7.77. The highest BCUT2D eigenvalue weighted by Gasteiger charge is 2.36. The smallest absolute Gasteiger partial charge is 0.322 e. The summed E-state index contributed by atoms with van der Waals surface area (Å²) >= 11 is 0. The molecule has 4 aliphatic rings. The number of likely N-dealkylation sites (tertiary alicyclic amines) is 3. The third-order valence-electron chi connectivity index (χ3n) is 10.9. The molecule has 4 heterocycles. The number of hydrogen-bond donors (Lipinski definition) is 3. The molecule has 48 heavy (non-hydrogen) atoms. The number of rotatable bonds is 7. The van der Waals surface area contributed by atoms with Gasteiger partial charge in [-0.1, -0.05) is 30.7 Å². The minimum atomic E-state index is -0.974. The molecule has 0 spiro atoms. The monoisotopic (exact) mass is 657 g/mol. The number of piperidine rings is 3. The Kier molecular flexibility index (Phi) is 10.5. The van der Waals surface area contributed by atoms with Crippen molar-refractivity contribution < 1.29 is 19.2 Å². The van der Waals surface area contributed by atoms with E-state index in [9.17, 15) is 19.2 Å². The maximum absolute atomic E-state index is 14.0. The van der Waals surface area contributed by atoms with Crippen molar-refractivity contribution in [2.75, 3.05) is 49.9 Å². The van der Waals surface area contributed by atoms with E-state index in [1.165, 1.54) is 19.3 Å². The molecule has 2 aromatic carbocycles. The first-order valence-electron chi connectivity index (χ1n) is 17.8. The Bertz CT molecular complexity index is 1510. The molecule has 258 valence electrons. The molecule has 2 aromatic rings. The lowest BCUT2D eigenvalue weighted by molar-refractivity contribution is -0.140. The minimum Gasteiger partial charge on any atom is -0.342 e. The van der Waals surface area contributed by atoms with Crippen LogP contribution in [0.15, 0.2) is 36.4 Å². The number of carbonyl (C=O) groups excluding carboxylic acids is 4. The fraction of sp³-hybridized carbons (Fsp3) is 0.568. The number of benzene rings is 2. The number of anilines is 2. The Labute approximate surface area is 284 Å². The average molecular weight is 658 g/mol. The van der Waals surface area contributed by atoms with Gasteiger partial charge < -0.3 is 35.6 Å². The van der Waals surface area contributed by atoms with Gasteiger partial charge in [-0.05, 0) is 107 Å². The van der Waals surface area contributed by atoms with Crippen molar-refractivity contribution in [1.29, 1.82) is 0 Å². The molecule has 0 bridgehead atoms. The van der Waals surface area contributed by atoms with Crippen LogP contribution in [-0.2, 0) is 16.1 Å². The van der Waals surface area contributed by atoms with Gasteiger partial charge in [-0.2, -0.15) is 0 Å². The topological polar surface area (TPSA) is 117 Å². The first kappa shape index (κ1) is 33.8. The van der Waals surface area contributed by atoms with E-state index in [1.807, 2.05) is 67.0 Å². The number of nitrogens with one attached hydrogen (secondary N) is 3. The molecule has 0 saturated carbocycles. The van der Waals surface area contributed by atoms with Crippen molar-refractivity contribution in [3.63, 3.8) is 0 Å². The van der Waals surface area contributed by atoms with E-state index in [1.54, 1.807) is 4.90 Å². The molecule has 3 saturated heterocycles. The number of amides is 6. The van der Waals surface area contributed by atoms with Crippen LogP contribution >= 0.6 is 0 Å². The standard InChI is InChI=1S/C37H51N7O4/c1-25-21-27(3)32(22-26(25)2)38-36(47)39-33(35(46)43-19-11-29(12-20-43)41-15-7-4-8-16-41)23-34(45)42-17-13-30(14-18-42)44-24-28-9-5-6-10-31(28)40-37(44)48/h5-6,9-10,21-22,29-30,33H,4,7-8,11-20,23-24H2,1-3H3,(H,40,48)(H2,38,39,47)/t33-/m0/s1. The van der Waals surface area contributed by atoms with Crippen LogP contribution in [0.1, 0.15) is 73.6 Å². The van der Waals surface area contributed by atoms with E-state index in [2.05, 4.69) is 20.9 Å². The molecule has 3 N–H and O–H groups in total. The van der Waals surface area contributed by atoms with E-state index in [-0.39, 0.29) is 30.3 Å². The number of fused-ring (bicyclic) bond motifs is 1. The molecular weight excluding hydrogens is 606 g/mol. The lowest BCUT2D eigenvalue weighted by Gasteiger charge is -2.41. The van der Waals surface area contributed by atoms with Gasteiger partial charge in [0.2, 0.25) is 11.8 Å². The molecule has 0 aromatic heterocycles. The average Bonchev–Trinajstić information content (AvgIpc) is 3.10. The van der Waals surface area contributed by atoms with E-state index < -0.39 is 12.1 Å². The predicted molar refractivity (Wildman–Crippen MR) is 187 cm³/mol. The zero-order valence-corrected chi connectivity index (χ0v) is 28.7. The Hall–Kier alpha value is -4.12. The molecule has 4 aliphatic heterocycles. The summed E-state index contributed by atoms with van der Waals surface area (Å²) in [6, 6.07) is 10.7. The van der Waals surface area contributed by atoms with Crippen LogP contribution in [0.5, 0.6) is 0 Å². The van der Waals surface area contributed by atoms with Gasteiger partial charge >= 0.3 is 12.1 Å². The molecule has 1 atom stereocenters. The van der Waals surface area contributed by atoms with E-state index in [0.29, 0.717) is 57.3 Å². The highest BCUT2D eigenvalue weighted by atomic mass is 16.2. The number of carbonyl (C=O) groups is 4. The summed E-state index contributed by atoms with van der Waals surface area (Å²) in [4.78, 5) is 62.0. The normalized spacial score (nSPS) is 20.1. The van der Waals surface area contributed by atoms with Gasteiger partial charge in [0.05, 0.1) is 6.42 Å². The first-order chi connectivity index (χ1) is 23.2. The summed E-state index contributed by atoms with van der Waals surface area (Å²) in [6.07, 6.45) is 6.78. The van der Waals surface area contributed by atoms with Crippen LogP contribution in [-0.4, -0.2) is 101 Å². The van der Waals surface area contributed by atoms with Gasteiger partial charge in [0.1, 0.15) is 6.04 Å². The summed E-state index contributed by atoms with van der Waals surface area (Å²) in [5.41, 5.74) is 5.74. The summed E-state index contributed by atoms with van der Waals surface area (Å²) in [6.45, 7) is 11.0. The van der Waals surface area contributed by atoms with Gasteiger partial charge in [0.25, 0.3) is 0 Å². The molecule has 3 fully saturated rings. The van der Waals surface area contributed by atoms with Crippen LogP contribution in [0.25, 0.3) is 0 Å². The largest absolute Gasteiger partial charge is 0.342 e. The number of para-hydroxylation sites is 1. The molecule has 0 aliphatic carbocycles. The molecule has 11 nitrogen and oxygen atoms in total. The molecule has 0 unspecified atom stereocenters. The second-order valence-corrected chi connectivity index (χ2v) is 14.1. The molecular formula is C37H51N7O4. The second-order valence-electron chi connectivity index (χ2n) is 14.1. The molecule has 11 heteroatoms. The fourth-order valence-corrected chi connectivity index (χ4v) is 7.82. The Balaban J connectivity index is 1.09. The maximum atomic E-state index is 14.0. The summed E-state index contributed by atoms with van der Waals surface area (Å²) in [5, 5.41) is 8.80. The summed E-state index contributed by atoms with van der Waals surface area (Å²) in [7, 11) is 0. The van der Waals surface area contributed by atoms with Crippen LogP contribution < -0.4 is 16.0 Å². The van der Waals surface area contributed by atoms with Crippen LogP contribution in [0, 0.1) is 20.8 Å². The van der Waals surface area contributed by atoms with Crippen LogP contribution in [0.4, 0.5) is 21.0 Å². The van der Waals surface area contributed by atoms with Gasteiger partial charge in [-0.25, -0.2) is 9.59 Å². The van der Waals surface area contributed by atoms with E-state index in [4.69, 9.17) is 0 Å². The second kappa shape index (κ2) is 15.0. The molecule has 6 rings (SSSR count). The quantitative estimate of drug-likeness (QED) is 0.387. The van der Waals surface area contributed by atoms with Crippen molar-refractivity contribution >= 4 is 35.3 Å². The van der Waals surface area contributed by atoms with Crippen molar-refractivity contribution in [2.24, 2.45) is 0 Å². The Morgan fingerprint density at radius 3 is 2.19 bits per heavy atom. The van der Waals surface area contributed by atoms with Crippen LogP contribution in [0.2, 0.25) is 0 Å². The Morgan fingerprint density at radius 1 is 0.812 bits per heavy atom. The number of urea groups is 2. The maximum Gasteiger partial charge on any atom is 0.322 e. The van der Waals surface area contributed by atoms with Gasteiger partial charge in [-0.3, -0.25) is 9.59 Å². The lowest BCUT2D eigenvalue weighted by atomic mass is 9.98. The predicted octanol–water partition coefficient (Wildman–Crippen LogP) is 5.01. The Morgan fingerprint density at radius 2 is 1.46 bits per heavy atom. The number of hydrogen-bond acceptors (Lipinski definition) is 5. The zero-order valence-electron chi connectivity index (χ0n) is 28.7. The summed E-state index contributed by atoms with van der Waals surface area (Å²) in [5.74, 6) is -0.364. The van der Waals surface area contributed by atoms with Gasteiger partial charge in [0, 0.05) is 56.2 Å². The lowest BCUT2D eigenvalue weighted by Crippen LogP contribution is -2.56. The van der Waals surface area contributed by atoms with Crippen LogP contribution in [0.3, 0.4) is 0 Å².